The Morgan fingerprint density at radius 1 is 0.712 bits per heavy atom. The minimum Gasteiger partial charge on any atom is -0.493 e. The van der Waals surface area contributed by atoms with Gasteiger partial charge in [-0.05, 0) is 85.3 Å². The van der Waals surface area contributed by atoms with E-state index in [9.17, 15) is 14.4 Å². The number of amides is 3. The van der Waals surface area contributed by atoms with E-state index in [1.54, 1.807) is 60.7 Å². The first kappa shape index (κ1) is 35.6. The number of fused-ring (bicyclic) bond motifs is 3. The number of methoxy groups -OCH3 is 3. The SMILES string of the molecule is CCn1c2ccccc2c2cc(NC(=O)CSc3cccc(NC(=O)/C(=C\c4cc(OC)c(OC)c(OC)c4)NC(=O)c4ccccc4)c3)ccc21. The maximum Gasteiger partial charge on any atom is 0.272 e. The predicted octanol–water partition coefficient (Wildman–Crippen LogP) is 7.98. The number of rotatable bonds is 13. The third-order valence-electron chi connectivity index (χ3n) is 8.36. The second-order valence-corrected chi connectivity index (χ2v) is 12.7. The largest absolute Gasteiger partial charge is 0.493 e. The highest BCUT2D eigenvalue weighted by atomic mass is 32.2. The summed E-state index contributed by atoms with van der Waals surface area (Å²) in [6.45, 7) is 2.97. The minimum atomic E-state index is -0.558. The molecule has 10 nitrogen and oxygen atoms in total. The molecular weight excluding hydrogens is 677 g/mol. The molecule has 0 saturated heterocycles. The van der Waals surface area contributed by atoms with Gasteiger partial charge in [0.1, 0.15) is 5.70 Å². The molecule has 0 unspecified atom stereocenters. The number of nitrogens with one attached hydrogen (secondary N) is 3. The van der Waals surface area contributed by atoms with Crippen molar-refractivity contribution in [3.8, 4) is 17.2 Å². The first-order valence-electron chi connectivity index (χ1n) is 16.5. The smallest absolute Gasteiger partial charge is 0.272 e. The number of carbonyl (C=O) groups is 3. The molecule has 0 aliphatic heterocycles. The van der Waals surface area contributed by atoms with Gasteiger partial charge in [-0.2, -0.15) is 0 Å². The van der Waals surface area contributed by atoms with Gasteiger partial charge in [-0.3, -0.25) is 14.4 Å². The second-order valence-electron chi connectivity index (χ2n) is 11.6. The monoisotopic (exact) mass is 714 g/mol. The Morgan fingerprint density at radius 2 is 1.40 bits per heavy atom. The number of anilines is 2. The van der Waals surface area contributed by atoms with Crippen LogP contribution in [0.1, 0.15) is 22.8 Å². The van der Waals surface area contributed by atoms with Crippen molar-refractivity contribution in [1.82, 2.24) is 9.88 Å². The quantitative estimate of drug-likeness (QED) is 0.0820. The van der Waals surface area contributed by atoms with Gasteiger partial charge in [0.15, 0.2) is 11.5 Å². The molecule has 3 amide bonds. The lowest BCUT2D eigenvalue weighted by Gasteiger charge is -2.15. The van der Waals surface area contributed by atoms with Crippen molar-refractivity contribution in [2.24, 2.45) is 0 Å². The van der Waals surface area contributed by atoms with Crippen LogP contribution in [0.25, 0.3) is 27.9 Å². The third-order valence-corrected chi connectivity index (χ3v) is 9.35. The summed E-state index contributed by atoms with van der Waals surface area (Å²) in [7, 11) is 4.49. The lowest BCUT2D eigenvalue weighted by Crippen LogP contribution is -2.30. The fraction of sp³-hybridized carbons (Fsp3) is 0.146. The molecule has 0 radical (unpaired) electrons. The molecule has 11 heteroatoms. The molecule has 1 aromatic heterocycles. The lowest BCUT2D eigenvalue weighted by atomic mass is 10.1. The highest BCUT2D eigenvalue weighted by Gasteiger charge is 2.18. The summed E-state index contributed by atoms with van der Waals surface area (Å²) in [5.74, 6) is 0.160. The van der Waals surface area contributed by atoms with E-state index in [-0.39, 0.29) is 17.4 Å². The van der Waals surface area contributed by atoms with Crippen LogP contribution < -0.4 is 30.2 Å². The standard InChI is InChI=1S/C41H38N4O6S/c1-5-45-34-17-10-9-16-31(34)32-24-29(18-19-35(32)45)42-38(46)25-52-30-15-11-14-28(23-30)43-41(48)33(44-40(47)27-12-7-6-8-13-27)20-26-21-36(49-2)39(51-4)37(22-26)50-3/h6-24H,5,25H2,1-4H3,(H,42,46)(H,43,48)(H,44,47)/b33-20+. The van der Waals surface area contributed by atoms with E-state index in [0.717, 1.165) is 38.9 Å². The van der Waals surface area contributed by atoms with Crippen molar-refractivity contribution in [2.75, 3.05) is 37.7 Å². The Kier molecular flexibility index (Phi) is 11.1. The molecule has 264 valence electrons. The molecule has 0 atom stereocenters. The Hall–Kier alpha value is -6.20. The molecule has 1 heterocycles. The molecule has 5 aromatic carbocycles. The van der Waals surface area contributed by atoms with Crippen LogP contribution in [0.3, 0.4) is 0 Å². The molecule has 0 fully saturated rings. The molecule has 0 bridgehead atoms. The van der Waals surface area contributed by atoms with E-state index in [1.807, 2.05) is 36.4 Å². The van der Waals surface area contributed by atoms with Crippen LogP contribution in [0.5, 0.6) is 17.2 Å². The highest BCUT2D eigenvalue weighted by molar-refractivity contribution is 8.00. The van der Waals surface area contributed by atoms with E-state index in [4.69, 9.17) is 14.2 Å². The second kappa shape index (κ2) is 16.2. The van der Waals surface area contributed by atoms with Crippen LogP contribution in [0.15, 0.2) is 120 Å². The summed E-state index contributed by atoms with van der Waals surface area (Å²) in [5, 5.41) is 10.9. The molecule has 0 saturated carbocycles. The fourth-order valence-electron chi connectivity index (χ4n) is 5.97. The van der Waals surface area contributed by atoms with Crippen LogP contribution >= 0.6 is 11.8 Å². The van der Waals surface area contributed by atoms with E-state index in [0.29, 0.717) is 34.1 Å². The maximum absolute atomic E-state index is 13.7. The summed E-state index contributed by atoms with van der Waals surface area (Å²) in [6, 6.07) is 33.4. The summed E-state index contributed by atoms with van der Waals surface area (Å²) < 4.78 is 18.6. The average molecular weight is 715 g/mol. The summed E-state index contributed by atoms with van der Waals surface area (Å²) in [6.07, 6.45) is 1.53. The van der Waals surface area contributed by atoms with Gasteiger partial charge in [0.25, 0.3) is 11.8 Å². The van der Waals surface area contributed by atoms with Gasteiger partial charge in [0, 0.05) is 50.2 Å². The predicted molar refractivity (Wildman–Crippen MR) is 208 cm³/mol. The molecule has 3 N–H and O–H groups in total. The molecule has 6 rings (SSSR count). The average Bonchev–Trinajstić information content (AvgIpc) is 3.49. The summed E-state index contributed by atoms with van der Waals surface area (Å²) in [5.41, 5.74) is 4.39. The fourth-order valence-corrected chi connectivity index (χ4v) is 6.73. The molecule has 0 aliphatic rings. The Labute approximate surface area is 305 Å². The molecule has 0 aliphatic carbocycles. The number of aryl methyl sites for hydroxylation is 1. The Morgan fingerprint density at radius 3 is 2.12 bits per heavy atom. The summed E-state index contributed by atoms with van der Waals surface area (Å²) in [4.78, 5) is 40.7. The van der Waals surface area contributed by atoms with E-state index in [2.05, 4.69) is 39.6 Å². The number of ether oxygens (including phenoxy) is 3. The van der Waals surface area contributed by atoms with Gasteiger partial charge >= 0.3 is 0 Å². The topological polar surface area (TPSA) is 120 Å². The maximum atomic E-state index is 13.7. The van der Waals surface area contributed by atoms with Gasteiger partial charge in [0.05, 0.1) is 27.1 Å². The summed E-state index contributed by atoms with van der Waals surface area (Å²) >= 11 is 1.34. The number of hydrogen-bond acceptors (Lipinski definition) is 7. The Balaban J connectivity index is 1.17. The van der Waals surface area contributed by atoms with Gasteiger partial charge in [-0.15, -0.1) is 11.8 Å². The van der Waals surface area contributed by atoms with Gasteiger partial charge < -0.3 is 34.7 Å². The normalized spacial score (nSPS) is 11.3. The number of thioether (sulfide) groups is 1. The van der Waals surface area contributed by atoms with Crippen LogP contribution in [-0.2, 0) is 16.1 Å². The number of hydrogen-bond donors (Lipinski definition) is 3. The van der Waals surface area contributed by atoms with Crippen molar-refractivity contribution >= 4 is 68.7 Å². The first-order valence-corrected chi connectivity index (χ1v) is 17.5. The van der Waals surface area contributed by atoms with Crippen LogP contribution in [0.4, 0.5) is 11.4 Å². The van der Waals surface area contributed by atoms with E-state index in [1.165, 1.54) is 39.2 Å². The number of aromatic nitrogens is 1. The number of benzene rings is 5. The van der Waals surface area contributed by atoms with Crippen LogP contribution in [0.2, 0.25) is 0 Å². The van der Waals surface area contributed by atoms with Crippen molar-refractivity contribution in [3.63, 3.8) is 0 Å². The first-order chi connectivity index (χ1) is 25.3. The minimum absolute atomic E-state index is 0.0143. The number of nitrogens with zero attached hydrogens (tertiary/aromatic N) is 1. The highest BCUT2D eigenvalue weighted by Crippen LogP contribution is 2.39. The lowest BCUT2D eigenvalue weighted by molar-refractivity contribution is -0.114. The van der Waals surface area contributed by atoms with Gasteiger partial charge in [-0.1, -0.05) is 42.5 Å². The zero-order chi connectivity index (χ0) is 36.6. The number of para-hydroxylation sites is 1. The molecular formula is C41H38N4O6S. The van der Waals surface area contributed by atoms with Crippen molar-refractivity contribution in [2.45, 2.75) is 18.4 Å². The molecule has 6 aromatic rings. The van der Waals surface area contributed by atoms with E-state index < -0.39 is 11.8 Å². The van der Waals surface area contributed by atoms with Crippen molar-refractivity contribution < 1.29 is 28.6 Å². The van der Waals surface area contributed by atoms with Crippen molar-refractivity contribution in [3.05, 3.63) is 126 Å². The molecule has 0 spiro atoms. The molecule has 52 heavy (non-hydrogen) atoms. The zero-order valence-corrected chi connectivity index (χ0v) is 30.0. The Bertz CT molecular complexity index is 2280. The number of carbonyl (C=O) groups excluding carboxylic acids is 3. The van der Waals surface area contributed by atoms with Gasteiger partial charge in [0.2, 0.25) is 11.7 Å². The van der Waals surface area contributed by atoms with Gasteiger partial charge in [-0.25, -0.2) is 0 Å². The van der Waals surface area contributed by atoms with E-state index >= 15 is 0 Å². The third kappa shape index (κ3) is 7.90. The van der Waals surface area contributed by atoms with Crippen molar-refractivity contribution in [1.29, 1.82) is 0 Å². The zero-order valence-electron chi connectivity index (χ0n) is 29.2. The van der Waals surface area contributed by atoms with Crippen LogP contribution in [-0.4, -0.2) is 49.4 Å². The van der Waals surface area contributed by atoms with Crippen LogP contribution in [0, 0.1) is 0 Å².